The first-order valence-electron chi connectivity index (χ1n) is 6.86. The molecule has 0 heterocycles. The molecule has 0 spiro atoms. The number of hydrogen-bond donors (Lipinski definition) is 2. The third-order valence-electron chi connectivity index (χ3n) is 3.91. The Bertz CT molecular complexity index is 538. The number of anilines is 1. The summed E-state index contributed by atoms with van der Waals surface area (Å²) in [7, 11) is 0. The van der Waals surface area contributed by atoms with E-state index in [2.05, 4.69) is 5.32 Å². The van der Waals surface area contributed by atoms with E-state index < -0.39 is 0 Å². The van der Waals surface area contributed by atoms with Crippen LogP contribution in [0.4, 0.5) is 5.69 Å². The molecule has 1 aromatic carbocycles. The van der Waals surface area contributed by atoms with Crippen LogP contribution in [0.1, 0.15) is 31.2 Å². The molecule has 1 aliphatic carbocycles. The number of benzene rings is 1. The fourth-order valence-electron chi connectivity index (χ4n) is 2.75. The van der Waals surface area contributed by atoms with Gasteiger partial charge in [0, 0.05) is 11.6 Å². The van der Waals surface area contributed by atoms with Gasteiger partial charge in [0.25, 0.3) is 0 Å². The highest BCUT2D eigenvalue weighted by atomic mass is 35.5. The summed E-state index contributed by atoms with van der Waals surface area (Å²) in [6, 6.07) is 6.91. The van der Waals surface area contributed by atoms with E-state index in [1.54, 1.807) is 18.2 Å². The van der Waals surface area contributed by atoms with Crippen LogP contribution in [0.5, 0.6) is 0 Å². The number of carbonyl (C=O) groups is 1. The van der Waals surface area contributed by atoms with Crippen molar-refractivity contribution in [3.8, 4) is 6.07 Å². The molecule has 0 bridgehead atoms. The summed E-state index contributed by atoms with van der Waals surface area (Å²) >= 11 is 5.96. The molecule has 0 aromatic heterocycles. The minimum absolute atomic E-state index is 0.000856. The van der Waals surface area contributed by atoms with Crippen LogP contribution >= 0.6 is 11.6 Å². The van der Waals surface area contributed by atoms with Gasteiger partial charge in [-0.15, -0.1) is 0 Å². The van der Waals surface area contributed by atoms with Gasteiger partial charge in [0.05, 0.1) is 10.6 Å². The molecular formula is C15H18ClN3O. The first-order chi connectivity index (χ1) is 9.65. The number of rotatable bonds is 3. The van der Waals surface area contributed by atoms with Gasteiger partial charge in [0.2, 0.25) is 5.91 Å². The normalized spacial score (nSPS) is 22.1. The van der Waals surface area contributed by atoms with E-state index in [4.69, 9.17) is 22.6 Å². The minimum atomic E-state index is -0.0248. The van der Waals surface area contributed by atoms with Gasteiger partial charge < -0.3 is 11.1 Å². The number of hydrogen-bond acceptors (Lipinski definition) is 3. The maximum Gasteiger partial charge on any atom is 0.227 e. The van der Waals surface area contributed by atoms with E-state index in [0.29, 0.717) is 22.8 Å². The van der Waals surface area contributed by atoms with Gasteiger partial charge in [-0.2, -0.15) is 5.26 Å². The molecule has 0 radical (unpaired) electrons. The fraction of sp³-hybridized carbons (Fsp3) is 0.467. The number of nitrogens with one attached hydrogen (secondary N) is 1. The van der Waals surface area contributed by atoms with Crippen molar-refractivity contribution in [1.29, 1.82) is 5.26 Å². The first-order valence-corrected chi connectivity index (χ1v) is 7.24. The Morgan fingerprint density at radius 1 is 1.45 bits per heavy atom. The molecule has 0 aliphatic heterocycles. The molecule has 1 saturated carbocycles. The minimum Gasteiger partial charge on any atom is -0.330 e. The van der Waals surface area contributed by atoms with Gasteiger partial charge in [0.1, 0.15) is 6.07 Å². The fourth-order valence-corrected chi connectivity index (χ4v) is 2.98. The summed E-state index contributed by atoms with van der Waals surface area (Å²) in [6.07, 6.45) is 4.12. The summed E-state index contributed by atoms with van der Waals surface area (Å²) in [5.74, 6) is 0.238. The second-order valence-electron chi connectivity index (χ2n) is 5.18. The maximum absolute atomic E-state index is 12.3. The SMILES string of the molecule is N#Cc1ccc(NC(=O)C2CCCCC2CN)cc1Cl. The Labute approximate surface area is 123 Å². The summed E-state index contributed by atoms with van der Waals surface area (Å²) in [6.45, 7) is 0.548. The van der Waals surface area contributed by atoms with Crippen molar-refractivity contribution >= 4 is 23.2 Å². The molecule has 106 valence electrons. The van der Waals surface area contributed by atoms with Crippen molar-refractivity contribution in [2.24, 2.45) is 17.6 Å². The standard InChI is InChI=1S/C15H18ClN3O/c16-14-7-12(6-5-11(14)9-18)19-15(20)13-4-2-1-3-10(13)8-17/h5-7,10,13H,1-4,8,17H2,(H,19,20). The quantitative estimate of drug-likeness (QED) is 0.898. The summed E-state index contributed by atoms with van der Waals surface area (Å²) in [5.41, 5.74) is 6.78. The average Bonchev–Trinajstić information content (AvgIpc) is 2.47. The van der Waals surface area contributed by atoms with Crippen molar-refractivity contribution < 1.29 is 4.79 Å². The number of carbonyl (C=O) groups excluding carboxylic acids is 1. The summed E-state index contributed by atoms with van der Waals surface area (Å²) < 4.78 is 0. The highest BCUT2D eigenvalue weighted by Gasteiger charge is 2.29. The molecule has 3 N–H and O–H groups in total. The van der Waals surface area contributed by atoms with Crippen molar-refractivity contribution in [2.45, 2.75) is 25.7 Å². The van der Waals surface area contributed by atoms with E-state index in [-0.39, 0.29) is 17.7 Å². The molecule has 1 aliphatic rings. The third-order valence-corrected chi connectivity index (χ3v) is 4.22. The van der Waals surface area contributed by atoms with E-state index in [9.17, 15) is 4.79 Å². The van der Waals surface area contributed by atoms with Gasteiger partial charge >= 0.3 is 0 Å². The highest BCUT2D eigenvalue weighted by molar-refractivity contribution is 6.32. The van der Waals surface area contributed by atoms with Crippen LogP contribution in [-0.4, -0.2) is 12.5 Å². The Balaban J connectivity index is 2.07. The molecule has 2 rings (SSSR count). The van der Waals surface area contributed by atoms with E-state index in [0.717, 1.165) is 25.7 Å². The number of nitrogens with zero attached hydrogens (tertiary/aromatic N) is 1. The van der Waals surface area contributed by atoms with Gasteiger partial charge in [-0.25, -0.2) is 0 Å². The van der Waals surface area contributed by atoms with Crippen molar-refractivity contribution in [1.82, 2.24) is 0 Å². The molecule has 2 atom stereocenters. The zero-order valence-electron chi connectivity index (χ0n) is 11.2. The first kappa shape index (κ1) is 14.8. The van der Waals surface area contributed by atoms with E-state index in [1.807, 2.05) is 6.07 Å². The van der Waals surface area contributed by atoms with Crippen molar-refractivity contribution in [3.05, 3.63) is 28.8 Å². The highest BCUT2D eigenvalue weighted by Crippen LogP contribution is 2.30. The summed E-state index contributed by atoms with van der Waals surface area (Å²) in [4.78, 5) is 12.3. The van der Waals surface area contributed by atoms with E-state index >= 15 is 0 Å². The zero-order valence-corrected chi connectivity index (χ0v) is 12.0. The molecule has 1 fully saturated rings. The van der Waals surface area contributed by atoms with Gasteiger partial charge in [-0.1, -0.05) is 24.4 Å². The molecule has 2 unspecified atom stereocenters. The van der Waals surface area contributed by atoms with Gasteiger partial charge in [-0.05, 0) is 43.5 Å². The van der Waals surface area contributed by atoms with Crippen LogP contribution in [0.3, 0.4) is 0 Å². The van der Waals surface area contributed by atoms with Gasteiger partial charge in [-0.3, -0.25) is 4.79 Å². The number of halogens is 1. The molecule has 1 amide bonds. The molecule has 4 nitrogen and oxygen atoms in total. The predicted molar refractivity (Wildman–Crippen MR) is 79.3 cm³/mol. The third kappa shape index (κ3) is 3.30. The smallest absolute Gasteiger partial charge is 0.227 e. The average molecular weight is 292 g/mol. The Kier molecular flexibility index (Phi) is 4.99. The van der Waals surface area contributed by atoms with Crippen LogP contribution in [-0.2, 0) is 4.79 Å². The molecular weight excluding hydrogens is 274 g/mol. The lowest BCUT2D eigenvalue weighted by Gasteiger charge is -2.29. The van der Waals surface area contributed by atoms with Crippen LogP contribution in [0.25, 0.3) is 0 Å². The Hall–Kier alpha value is -1.57. The Morgan fingerprint density at radius 3 is 2.85 bits per heavy atom. The summed E-state index contributed by atoms with van der Waals surface area (Å²) in [5, 5.41) is 12.1. The second-order valence-corrected chi connectivity index (χ2v) is 5.59. The Morgan fingerprint density at radius 2 is 2.20 bits per heavy atom. The zero-order chi connectivity index (χ0) is 14.5. The van der Waals surface area contributed by atoms with Crippen LogP contribution in [0.2, 0.25) is 5.02 Å². The molecule has 20 heavy (non-hydrogen) atoms. The maximum atomic E-state index is 12.3. The predicted octanol–water partition coefficient (Wildman–Crippen LogP) is 2.92. The van der Waals surface area contributed by atoms with Crippen molar-refractivity contribution in [2.75, 3.05) is 11.9 Å². The lowest BCUT2D eigenvalue weighted by molar-refractivity contribution is -0.122. The van der Waals surface area contributed by atoms with Crippen LogP contribution in [0.15, 0.2) is 18.2 Å². The van der Waals surface area contributed by atoms with Crippen molar-refractivity contribution in [3.63, 3.8) is 0 Å². The number of nitriles is 1. The van der Waals surface area contributed by atoms with Crippen LogP contribution in [0, 0.1) is 23.2 Å². The van der Waals surface area contributed by atoms with E-state index in [1.165, 1.54) is 0 Å². The largest absolute Gasteiger partial charge is 0.330 e. The van der Waals surface area contributed by atoms with Gasteiger partial charge in [0.15, 0.2) is 0 Å². The number of amides is 1. The lowest BCUT2D eigenvalue weighted by Crippen LogP contribution is -2.35. The van der Waals surface area contributed by atoms with Crippen LogP contribution < -0.4 is 11.1 Å². The monoisotopic (exact) mass is 291 g/mol. The topological polar surface area (TPSA) is 78.9 Å². The molecule has 0 saturated heterocycles. The lowest BCUT2D eigenvalue weighted by atomic mass is 9.78. The molecule has 5 heteroatoms. The molecule has 1 aromatic rings. The number of nitrogens with two attached hydrogens (primary N) is 1. The second kappa shape index (κ2) is 6.74.